The van der Waals surface area contributed by atoms with Crippen LogP contribution < -0.4 is 10.6 Å². The highest BCUT2D eigenvalue weighted by molar-refractivity contribution is 5.86. The summed E-state index contributed by atoms with van der Waals surface area (Å²) in [5, 5.41) is 16.1. The van der Waals surface area contributed by atoms with Gasteiger partial charge in [0.25, 0.3) is 0 Å². The average Bonchev–Trinajstić information content (AvgIpc) is 3.13. The van der Waals surface area contributed by atoms with Crippen LogP contribution in [-0.2, 0) is 12.7 Å². The molecule has 3 N–H and O–H groups in total. The molecule has 0 aliphatic heterocycles. The van der Waals surface area contributed by atoms with Gasteiger partial charge in [-0.1, -0.05) is 0 Å². The maximum atomic E-state index is 12.8. The fourth-order valence-corrected chi connectivity index (χ4v) is 3.61. The van der Waals surface area contributed by atoms with Crippen LogP contribution in [0, 0.1) is 0 Å². The zero-order valence-corrected chi connectivity index (χ0v) is 16.4. The minimum atomic E-state index is -4.38. The van der Waals surface area contributed by atoms with E-state index in [2.05, 4.69) is 25.6 Å². The Morgan fingerprint density at radius 2 is 1.80 bits per heavy atom. The summed E-state index contributed by atoms with van der Waals surface area (Å²) in [6.45, 7) is 2.64. The predicted octanol–water partition coefficient (Wildman–Crippen LogP) is 4.32. The van der Waals surface area contributed by atoms with Crippen molar-refractivity contribution in [3.05, 3.63) is 36.2 Å². The van der Waals surface area contributed by atoms with E-state index in [1.54, 1.807) is 6.33 Å². The molecule has 10 heteroatoms. The van der Waals surface area contributed by atoms with Crippen LogP contribution in [0.25, 0.3) is 11.2 Å². The van der Waals surface area contributed by atoms with Crippen molar-refractivity contribution < 1.29 is 18.3 Å². The third-order valence-electron chi connectivity index (χ3n) is 5.31. The number of rotatable bonds is 5. The maximum absolute atomic E-state index is 12.8. The summed E-state index contributed by atoms with van der Waals surface area (Å²) >= 11 is 0. The van der Waals surface area contributed by atoms with E-state index in [1.807, 2.05) is 11.5 Å². The van der Waals surface area contributed by atoms with Crippen molar-refractivity contribution in [1.82, 2.24) is 19.5 Å². The van der Waals surface area contributed by atoms with E-state index >= 15 is 0 Å². The summed E-state index contributed by atoms with van der Waals surface area (Å²) in [5.41, 5.74) is 0.945. The molecule has 1 saturated carbocycles. The lowest BCUT2D eigenvalue weighted by molar-refractivity contribution is -0.137. The molecule has 4 rings (SSSR count). The molecular weight excluding hydrogens is 397 g/mol. The molecule has 1 aliphatic rings. The largest absolute Gasteiger partial charge is 0.416 e. The quantitative estimate of drug-likeness (QED) is 0.570. The van der Waals surface area contributed by atoms with Gasteiger partial charge in [-0.05, 0) is 56.9 Å². The first kappa shape index (κ1) is 20.4. The van der Waals surface area contributed by atoms with Gasteiger partial charge in [0.15, 0.2) is 17.0 Å². The fourth-order valence-electron chi connectivity index (χ4n) is 3.61. The van der Waals surface area contributed by atoms with E-state index in [9.17, 15) is 18.3 Å². The Bertz CT molecular complexity index is 1010. The molecule has 3 aromatic rings. The minimum absolute atomic E-state index is 0.155. The van der Waals surface area contributed by atoms with Crippen LogP contribution in [0.15, 0.2) is 30.6 Å². The summed E-state index contributed by atoms with van der Waals surface area (Å²) in [5.74, 6) is 0.846. The Labute approximate surface area is 171 Å². The van der Waals surface area contributed by atoms with E-state index in [1.165, 1.54) is 12.1 Å². The number of aromatic nitrogens is 4. The number of aliphatic hydroxyl groups is 1. The predicted molar refractivity (Wildman–Crippen MR) is 108 cm³/mol. The van der Waals surface area contributed by atoms with Crippen molar-refractivity contribution in [1.29, 1.82) is 0 Å². The normalized spacial score (nSPS) is 19.8. The number of nitrogens with zero attached hydrogens (tertiary/aromatic N) is 4. The Morgan fingerprint density at radius 3 is 2.43 bits per heavy atom. The molecule has 160 valence electrons. The molecule has 1 aromatic carbocycles. The lowest BCUT2D eigenvalue weighted by Crippen LogP contribution is -2.29. The summed E-state index contributed by atoms with van der Waals surface area (Å²) < 4.78 is 40.3. The molecule has 1 fully saturated rings. The summed E-state index contributed by atoms with van der Waals surface area (Å²) in [7, 11) is 0. The molecule has 7 nitrogen and oxygen atoms in total. The molecule has 0 saturated heterocycles. The van der Waals surface area contributed by atoms with Gasteiger partial charge in [0.1, 0.15) is 0 Å². The zero-order valence-electron chi connectivity index (χ0n) is 16.4. The monoisotopic (exact) mass is 420 g/mol. The first-order chi connectivity index (χ1) is 14.3. The number of anilines is 3. The Kier molecular flexibility index (Phi) is 5.50. The van der Waals surface area contributed by atoms with Crippen LogP contribution in [0.4, 0.5) is 30.6 Å². The average molecular weight is 420 g/mol. The number of nitrogens with one attached hydrogen (secondary N) is 2. The van der Waals surface area contributed by atoms with Crippen molar-refractivity contribution in [3.63, 3.8) is 0 Å². The Hall–Kier alpha value is -2.88. The first-order valence-corrected chi connectivity index (χ1v) is 9.95. The number of aliphatic hydroxyl groups excluding tert-OH is 1. The van der Waals surface area contributed by atoms with Crippen LogP contribution in [0.3, 0.4) is 0 Å². The van der Waals surface area contributed by atoms with E-state index < -0.39 is 11.7 Å². The topological polar surface area (TPSA) is 87.9 Å². The summed E-state index contributed by atoms with van der Waals surface area (Å²) in [4.78, 5) is 13.5. The molecular formula is C20H23F3N6O. The number of hydrogen-bond donors (Lipinski definition) is 3. The van der Waals surface area contributed by atoms with Crippen LogP contribution in [-0.4, -0.2) is 36.8 Å². The van der Waals surface area contributed by atoms with Gasteiger partial charge >= 0.3 is 6.18 Å². The molecule has 0 unspecified atom stereocenters. The van der Waals surface area contributed by atoms with Crippen molar-refractivity contribution in [2.75, 3.05) is 10.6 Å². The van der Waals surface area contributed by atoms with Crippen LogP contribution >= 0.6 is 0 Å². The number of imidazole rings is 1. The second-order valence-electron chi connectivity index (χ2n) is 7.45. The smallest absolute Gasteiger partial charge is 0.393 e. The van der Waals surface area contributed by atoms with Gasteiger partial charge in [-0.3, -0.25) is 0 Å². The van der Waals surface area contributed by atoms with Crippen molar-refractivity contribution >= 4 is 28.6 Å². The maximum Gasteiger partial charge on any atom is 0.416 e. The van der Waals surface area contributed by atoms with Crippen molar-refractivity contribution in [2.45, 2.75) is 57.5 Å². The van der Waals surface area contributed by atoms with Gasteiger partial charge in [0.05, 0.1) is 18.0 Å². The molecule has 30 heavy (non-hydrogen) atoms. The lowest BCUT2D eigenvalue weighted by Gasteiger charge is -2.26. The van der Waals surface area contributed by atoms with Crippen molar-refractivity contribution in [2.24, 2.45) is 0 Å². The van der Waals surface area contributed by atoms with Gasteiger partial charge in [-0.25, -0.2) is 4.98 Å². The van der Waals surface area contributed by atoms with E-state index in [4.69, 9.17) is 0 Å². The van der Waals surface area contributed by atoms with Gasteiger partial charge < -0.3 is 20.3 Å². The molecule has 0 atom stereocenters. The molecule has 0 radical (unpaired) electrons. The van der Waals surface area contributed by atoms with Gasteiger partial charge in [0.2, 0.25) is 5.95 Å². The number of hydrogen-bond acceptors (Lipinski definition) is 6. The number of fused-ring (bicyclic) bond motifs is 1. The van der Waals surface area contributed by atoms with Crippen molar-refractivity contribution in [3.8, 4) is 0 Å². The van der Waals surface area contributed by atoms with Crippen LogP contribution in [0.1, 0.15) is 38.2 Å². The molecule has 0 bridgehead atoms. The molecule has 0 amide bonds. The van der Waals surface area contributed by atoms with Gasteiger partial charge in [-0.15, -0.1) is 0 Å². The number of benzene rings is 1. The third-order valence-corrected chi connectivity index (χ3v) is 5.31. The number of aryl methyl sites for hydroxylation is 1. The SMILES string of the molecule is CCn1cnc2c(Nc3ccc(C(F)(F)F)cc3)nc(N[C@H]3CC[C@H](O)CC3)nc21. The third kappa shape index (κ3) is 4.33. The molecule has 0 spiro atoms. The number of halogens is 3. The van der Waals surface area contributed by atoms with Gasteiger partial charge in [-0.2, -0.15) is 23.1 Å². The highest BCUT2D eigenvalue weighted by Gasteiger charge is 2.30. The first-order valence-electron chi connectivity index (χ1n) is 9.95. The van der Waals surface area contributed by atoms with Crippen LogP contribution in [0.2, 0.25) is 0 Å². The lowest BCUT2D eigenvalue weighted by atomic mass is 9.93. The van der Waals surface area contributed by atoms with E-state index in [-0.39, 0.29) is 12.1 Å². The fraction of sp³-hybridized carbons (Fsp3) is 0.450. The molecule has 1 aliphatic carbocycles. The highest BCUT2D eigenvalue weighted by atomic mass is 19.4. The second-order valence-corrected chi connectivity index (χ2v) is 7.45. The molecule has 2 heterocycles. The zero-order chi connectivity index (χ0) is 21.3. The standard InChI is InChI=1S/C20H23F3N6O/c1-2-29-11-24-16-17(25-13-5-3-12(4-6-13)20(21,22)23)27-19(28-18(16)29)26-14-7-9-15(30)10-8-14/h3-6,11,14-15,30H,2,7-10H2,1H3,(H2,25,26,27,28)/t14-,15-. The summed E-state index contributed by atoms with van der Waals surface area (Å²) in [6.07, 6.45) is 0.106. The Morgan fingerprint density at radius 1 is 1.10 bits per heavy atom. The van der Waals surface area contributed by atoms with E-state index in [0.717, 1.165) is 37.8 Å². The second kappa shape index (κ2) is 8.10. The Balaban J connectivity index is 1.63. The summed E-state index contributed by atoms with van der Waals surface area (Å²) in [6, 6.07) is 4.94. The van der Waals surface area contributed by atoms with Crippen LogP contribution in [0.5, 0.6) is 0 Å². The highest BCUT2D eigenvalue weighted by Crippen LogP contribution is 2.31. The van der Waals surface area contributed by atoms with E-state index in [0.29, 0.717) is 35.2 Å². The van der Waals surface area contributed by atoms with Gasteiger partial charge in [0, 0.05) is 18.3 Å². The number of alkyl halides is 3. The minimum Gasteiger partial charge on any atom is -0.393 e. The molecule has 2 aromatic heterocycles.